The van der Waals surface area contributed by atoms with Crippen LogP contribution in [0, 0.1) is 22.7 Å². The van der Waals surface area contributed by atoms with Crippen LogP contribution in [-0.2, 0) is 20.1 Å². The number of ether oxygens (including phenoxy) is 2. The predicted octanol–water partition coefficient (Wildman–Crippen LogP) is 7.07. The monoisotopic (exact) mass is 758 g/mol. The molecule has 0 bridgehead atoms. The third-order valence-corrected chi connectivity index (χ3v) is 9.32. The fourth-order valence-electron chi connectivity index (χ4n) is 4.78. The normalized spacial score (nSPS) is 12.3. The van der Waals surface area contributed by atoms with Gasteiger partial charge in [-0.3, -0.25) is 4.79 Å². The third kappa shape index (κ3) is 10.8. The maximum atomic E-state index is 11.5. The van der Waals surface area contributed by atoms with Crippen molar-refractivity contribution in [1.29, 1.82) is 10.5 Å². The van der Waals surface area contributed by atoms with Gasteiger partial charge in [-0.1, -0.05) is 47.6 Å². The molecule has 266 valence electrons. The van der Waals surface area contributed by atoms with E-state index >= 15 is 0 Å². The van der Waals surface area contributed by atoms with Gasteiger partial charge >= 0.3 is 18.1 Å². The van der Waals surface area contributed by atoms with Crippen molar-refractivity contribution < 1.29 is 37.3 Å². The highest BCUT2D eigenvalue weighted by molar-refractivity contribution is 7.98. The first kappa shape index (κ1) is 38.9. The van der Waals surface area contributed by atoms with E-state index in [9.17, 15) is 28.5 Å². The van der Waals surface area contributed by atoms with E-state index in [0.29, 0.717) is 49.6 Å². The molecule has 1 saturated heterocycles. The molecule has 4 aromatic rings. The lowest BCUT2D eigenvalue weighted by Gasteiger charge is -2.22. The Bertz CT molecular complexity index is 1910. The number of anilines is 1. The first-order valence-corrected chi connectivity index (χ1v) is 17.5. The zero-order valence-electron chi connectivity index (χ0n) is 26.8. The number of benzene rings is 2. The number of halogens is 4. The number of aromatic nitrogens is 2. The minimum absolute atomic E-state index is 0.113. The number of thioether (sulfide) groups is 1. The predicted molar refractivity (Wildman–Crippen MR) is 186 cm³/mol. The Labute approximate surface area is 304 Å². The summed E-state index contributed by atoms with van der Waals surface area (Å²) in [6.07, 6.45) is -2.88. The summed E-state index contributed by atoms with van der Waals surface area (Å²) >= 11 is 9.03. The van der Waals surface area contributed by atoms with Crippen molar-refractivity contribution in [3.63, 3.8) is 0 Å². The molecule has 0 atom stereocenters. The summed E-state index contributed by atoms with van der Waals surface area (Å²) in [6.45, 7) is 2.14. The molecule has 0 amide bonds. The molecule has 1 aliphatic rings. The Hall–Kier alpha value is -4.87. The fraction of sp³-hybridized carbons (Fsp3) is 0.294. The lowest BCUT2D eigenvalue weighted by Crippen LogP contribution is -2.21. The van der Waals surface area contributed by atoms with Crippen molar-refractivity contribution in [3.05, 3.63) is 75.8 Å². The van der Waals surface area contributed by atoms with E-state index in [2.05, 4.69) is 17.0 Å². The molecular weight excluding hydrogens is 729 g/mol. The smallest absolute Gasteiger partial charge is 0.490 e. The number of nitrogens with two attached hydrogens (primary N) is 1. The molecule has 0 unspecified atom stereocenters. The summed E-state index contributed by atoms with van der Waals surface area (Å²) < 4.78 is 42.5. The molecular formula is C34H30ClF3N6O5S2. The molecule has 2 aromatic carbocycles. The molecule has 1 aliphatic heterocycles. The van der Waals surface area contributed by atoms with Crippen LogP contribution in [0.5, 0.6) is 5.75 Å². The van der Waals surface area contributed by atoms with Crippen LogP contribution in [0.15, 0.2) is 58.9 Å². The van der Waals surface area contributed by atoms with E-state index in [1.54, 1.807) is 23.5 Å². The number of pyridine rings is 1. The quantitative estimate of drug-likeness (QED) is 0.0856. The van der Waals surface area contributed by atoms with Gasteiger partial charge in [-0.15, -0.1) is 11.3 Å². The summed E-state index contributed by atoms with van der Waals surface area (Å²) in [6, 6.07) is 19.4. The molecule has 3 N–H and O–H groups in total. The Morgan fingerprint density at radius 2 is 1.63 bits per heavy atom. The van der Waals surface area contributed by atoms with Gasteiger partial charge in [0.2, 0.25) is 0 Å². The van der Waals surface area contributed by atoms with Gasteiger partial charge in [0.1, 0.15) is 52.5 Å². The van der Waals surface area contributed by atoms with E-state index < -0.39 is 12.1 Å². The maximum Gasteiger partial charge on any atom is 0.490 e. The number of esters is 1. The van der Waals surface area contributed by atoms with Crippen LogP contribution in [-0.4, -0.2) is 66.0 Å². The number of carbonyl (C=O) groups is 2. The summed E-state index contributed by atoms with van der Waals surface area (Å²) in [5.74, 6) is -1.44. The number of hydrogen-bond acceptors (Lipinski definition) is 12. The van der Waals surface area contributed by atoms with Gasteiger partial charge in [-0.05, 0) is 42.7 Å². The highest BCUT2D eigenvalue weighted by atomic mass is 35.5. The van der Waals surface area contributed by atoms with Gasteiger partial charge in [0.15, 0.2) is 0 Å². The molecule has 1 fully saturated rings. The van der Waals surface area contributed by atoms with Crippen molar-refractivity contribution in [2.75, 3.05) is 37.7 Å². The highest BCUT2D eigenvalue weighted by Gasteiger charge is 2.38. The molecule has 11 nitrogen and oxygen atoms in total. The molecule has 0 spiro atoms. The number of thiazole rings is 1. The molecule has 0 saturated carbocycles. The molecule has 0 aliphatic carbocycles. The second-order valence-electron chi connectivity index (χ2n) is 10.7. The number of rotatable bonds is 12. The highest BCUT2D eigenvalue weighted by Crippen LogP contribution is 2.40. The zero-order chi connectivity index (χ0) is 37.0. The Morgan fingerprint density at radius 3 is 2.22 bits per heavy atom. The van der Waals surface area contributed by atoms with Gasteiger partial charge in [-0.2, -0.15) is 23.7 Å². The second kappa shape index (κ2) is 18.4. The van der Waals surface area contributed by atoms with Gasteiger partial charge in [-0.25, -0.2) is 14.8 Å². The minimum Gasteiger partial charge on any atom is -0.490 e. The Balaban J connectivity index is 0.000000755. The number of alkyl halides is 3. The molecule has 51 heavy (non-hydrogen) atoms. The number of nitrogens with zero attached hydrogens (tertiary/aromatic N) is 5. The second-order valence-corrected chi connectivity index (χ2v) is 12.9. The topological polar surface area (TPSA) is 175 Å². The standard InChI is InChI=1S/C32H29ClN6O3S2.C2HF3O2/c33-23-7-3-22(4-8-23)31-37-24(19-43-31)20-44-32-27(18-36)29(26(17-35)30(38-32)39-13-1-2-14-39)21-5-9-25(10-6-21)41-15-16-42-28(40)11-12-34;3-2(4,5)1(6)7/h3-10,19H,1-2,11-16,20,34H2;(H,6,7). The van der Waals surface area contributed by atoms with Crippen LogP contribution in [0.25, 0.3) is 21.7 Å². The Kier molecular flexibility index (Phi) is 14.0. The number of carboxylic acids is 1. The lowest BCUT2D eigenvalue weighted by atomic mass is 9.96. The summed E-state index contributed by atoms with van der Waals surface area (Å²) in [7, 11) is 0. The lowest BCUT2D eigenvalue weighted by molar-refractivity contribution is -0.192. The van der Waals surface area contributed by atoms with Gasteiger partial charge < -0.3 is 25.2 Å². The van der Waals surface area contributed by atoms with Gasteiger partial charge in [0, 0.05) is 46.9 Å². The fourth-order valence-corrected chi connectivity index (χ4v) is 6.71. The summed E-state index contributed by atoms with van der Waals surface area (Å²) in [4.78, 5) is 32.2. The molecule has 5 rings (SSSR count). The Morgan fingerprint density at radius 1 is 1.00 bits per heavy atom. The average molecular weight is 759 g/mol. The van der Waals surface area contributed by atoms with Crippen LogP contribution >= 0.6 is 34.7 Å². The number of carboxylic acid groups (broad SMARTS) is 1. The first-order chi connectivity index (χ1) is 24.4. The molecule has 2 aromatic heterocycles. The van der Waals surface area contributed by atoms with Crippen molar-refractivity contribution in [2.24, 2.45) is 5.73 Å². The van der Waals surface area contributed by atoms with E-state index in [1.165, 1.54) is 11.8 Å². The van der Waals surface area contributed by atoms with Crippen molar-refractivity contribution in [2.45, 2.75) is 36.2 Å². The van der Waals surface area contributed by atoms with Crippen molar-refractivity contribution >= 4 is 52.5 Å². The third-order valence-electron chi connectivity index (χ3n) is 7.12. The van der Waals surface area contributed by atoms with E-state index in [0.717, 1.165) is 42.2 Å². The number of aliphatic carboxylic acids is 1. The summed E-state index contributed by atoms with van der Waals surface area (Å²) in [5.41, 5.74) is 9.22. The number of nitriles is 2. The van der Waals surface area contributed by atoms with Crippen LogP contribution in [0.2, 0.25) is 5.02 Å². The van der Waals surface area contributed by atoms with Crippen LogP contribution in [0.4, 0.5) is 19.0 Å². The van der Waals surface area contributed by atoms with E-state index in [4.69, 9.17) is 46.7 Å². The number of carbonyl (C=O) groups excluding carboxylic acids is 1. The van der Waals surface area contributed by atoms with Crippen molar-refractivity contribution in [1.82, 2.24) is 9.97 Å². The first-order valence-electron chi connectivity index (χ1n) is 15.3. The van der Waals surface area contributed by atoms with Gasteiger partial charge in [0.05, 0.1) is 17.7 Å². The summed E-state index contributed by atoms with van der Waals surface area (Å²) in [5, 5.41) is 31.9. The van der Waals surface area contributed by atoms with Crippen molar-refractivity contribution in [3.8, 4) is 39.6 Å². The van der Waals surface area contributed by atoms with E-state index in [1.807, 2.05) is 41.8 Å². The maximum absolute atomic E-state index is 11.5. The van der Waals surface area contributed by atoms with Crippen LogP contribution < -0.4 is 15.4 Å². The van der Waals surface area contributed by atoms with Crippen LogP contribution in [0.3, 0.4) is 0 Å². The largest absolute Gasteiger partial charge is 0.490 e. The minimum atomic E-state index is -5.08. The SMILES string of the molecule is N#Cc1c(SCc2csc(-c3ccc(Cl)cc3)n2)nc(N2CCCC2)c(C#N)c1-c1ccc(OCCOC(=O)CCN)cc1.O=C(O)C(F)(F)F. The molecule has 0 radical (unpaired) electrons. The zero-order valence-corrected chi connectivity index (χ0v) is 29.2. The average Bonchev–Trinajstić information content (AvgIpc) is 3.82. The van der Waals surface area contributed by atoms with Gasteiger partial charge in [0.25, 0.3) is 0 Å². The molecule has 17 heteroatoms. The number of hydrogen-bond donors (Lipinski definition) is 2. The van der Waals surface area contributed by atoms with Crippen LogP contribution in [0.1, 0.15) is 36.1 Å². The molecule has 3 heterocycles. The van der Waals surface area contributed by atoms with E-state index in [-0.39, 0.29) is 32.1 Å².